The molecule has 5 heteroatoms. The van der Waals surface area contributed by atoms with E-state index in [1.165, 1.54) is 24.3 Å². The highest BCUT2D eigenvalue weighted by Gasteiger charge is 2.32. The Morgan fingerprint density at radius 3 is 2.05 bits per heavy atom. The zero-order valence-electron chi connectivity index (χ0n) is 11.1. The fraction of sp³-hybridized carbons (Fsp3) is 0.250. The van der Waals surface area contributed by atoms with E-state index in [9.17, 15) is 13.2 Å². The van der Waals surface area contributed by atoms with Gasteiger partial charge in [-0.1, -0.05) is 24.3 Å². The molecule has 2 aromatic carbocycles. The second-order valence-corrected chi connectivity index (χ2v) is 5.48. The molecule has 0 unspecified atom stereocenters. The Balaban J connectivity index is 2.43. The van der Waals surface area contributed by atoms with Gasteiger partial charge in [0.1, 0.15) is 5.82 Å². The van der Waals surface area contributed by atoms with Crippen LogP contribution >= 0.6 is 23.2 Å². The number of hydrogen-bond acceptors (Lipinski definition) is 0. The zero-order chi connectivity index (χ0) is 15.5. The molecule has 112 valence electrons. The highest BCUT2D eigenvalue weighted by Crippen LogP contribution is 2.33. The van der Waals surface area contributed by atoms with E-state index in [0.717, 1.165) is 6.07 Å². The smallest absolute Gasteiger partial charge is 0.162 e. The Hall–Kier alpha value is -1.19. The van der Waals surface area contributed by atoms with Crippen molar-refractivity contribution >= 4 is 23.2 Å². The first-order valence-corrected chi connectivity index (χ1v) is 7.40. The van der Waals surface area contributed by atoms with Gasteiger partial charge in [0.05, 0.1) is 0 Å². The van der Waals surface area contributed by atoms with Crippen molar-refractivity contribution in [3.05, 3.63) is 71.0 Å². The van der Waals surface area contributed by atoms with Crippen molar-refractivity contribution in [2.24, 2.45) is 0 Å². The maximum absolute atomic E-state index is 13.9. The minimum Gasteiger partial charge on any atom is -0.207 e. The fourth-order valence-electron chi connectivity index (χ4n) is 2.24. The summed E-state index contributed by atoms with van der Waals surface area (Å²) in [5, 5.41) is 0. The van der Waals surface area contributed by atoms with Gasteiger partial charge in [-0.15, -0.1) is 23.2 Å². The summed E-state index contributed by atoms with van der Waals surface area (Å²) in [4.78, 5) is 0. The van der Waals surface area contributed by atoms with Gasteiger partial charge in [-0.3, -0.25) is 0 Å². The monoisotopic (exact) mass is 332 g/mol. The molecule has 0 atom stereocenters. The maximum Gasteiger partial charge on any atom is 0.162 e. The predicted molar refractivity (Wildman–Crippen MR) is 79.6 cm³/mol. The molecular formula is C16H13Cl2F3. The molecule has 2 aromatic rings. The Morgan fingerprint density at radius 2 is 1.48 bits per heavy atom. The van der Waals surface area contributed by atoms with Crippen molar-refractivity contribution in [3.8, 4) is 0 Å². The van der Waals surface area contributed by atoms with Gasteiger partial charge in [0, 0.05) is 17.2 Å². The average molecular weight is 333 g/mol. The molecule has 0 saturated carbocycles. The summed E-state index contributed by atoms with van der Waals surface area (Å²) in [5.41, 5.74) is 0.101. The van der Waals surface area contributed by atoms with E-state index >= 15 is 0 Å². The van der Waals surface area contributed by atoms with E-state index < -0.39 is 17.0 Å². The molecule has 0 spiro atoms. The first-order chi connectivity index (χ1) is 10.0. The molecule has 21 heavy (non-hydrogen) atoms. The Bertz CT molecular complexity index is 607. The molecule has 0 saturated heterocycles. The van der Waals surface area contributed by atoms with Crippen LogP contribution in [0.5, 0.6) is 0 Å². The highest BCUT2D eigenvalue weighted by atomic mass is 35.5. The summed E-state index contributed by atoms with van der Waals surface area (Å²) >= 11 is 12.1. The third-order valence-electron chi connectivity index (χ3n) is 3.53. The Morgan fingerprint density at radius 1 is 0.857 bits per heavy atom. The van der Waals surface area contributed by atoms with Crippen LogP contribution < -0.4 is 0 Å². The average Bonchev–Trinajstić information content (AvgIpc) is 2.50. The summed E-state index contributed by atoms with van der Waals surface area (Å²) in [6, 6.07) is 9.71. The van der Waals surface area contributed by atoms with Crippen LogP contribution in [0.25, 0.3) is 0 Å². The molecule has 0 bridgehead atoms. The van der Waals surface area contributed by atoms with Crippen LogP contribution in [0.2, 0.25) is 0 Å². The third-order valence-corrected chi connectivity index (χ3v) is 4.55. The van der Waals surface area contributed by atoms with Crippen molar-refractivity contribution in [2.45, 2.75) is 11.8 Å². The van der Waals surface area contributed by atoms with Crippen LogP contribution in [0.4, 0.5) is 13.2 Å². The normalized spacial score (nSPS) is 11.7. The molecule has 0 fully saturated rings. The predicted octanol–water partition coefficient (Wildman–Crippen LogP) is 5.06. The molecule has 0 aliphatic heterocycles. The van der Waals surface area contributed by atoms with Crippen LogP contribution in [-0.2, 0) is 11.8 Å². The van der Waals surface area contributed by atoms with E-state index in [0.29, 0.717) is 5.56 Å². The lowest BCUT2D eigenvalue weighted by molar-refractivity contribution is 0.472. The summed E-state index contributed by atoms with van der Waals surface area (Å²) in [5.74, 6) is -1.98. The van der Waals surface area contributed by atoms with Gasteiger partial charge in [-0.05, 0) is 35.7 Å². The standard InChI is InChI=1S/C16H13Cl2F3/c17-9-16(10-18,12-4-6-13(19)7-5-12)8-11-2-1-3-14(20)15(11)21/h1-7H,8-10H2. The molecule has 0 aliphatic rings. The molecule has 0 aliphatic carbocycles. The Labute approximate surface area is 131 Å². The van der Waals surface area contributed by atoms with Crippen molar-refractivity contribution in [2.75, 3.05) is 11.8 Å². The van der Waals surface area contributed by atoms with Crippen LogP contribution in [0.3, 0.4) is 0 Å². The first kappa shape index (κ1) is 16.2. The second-order valence-electron chi connectivity index (χ2n) is 4.94. The van der Waals surface area contributed by atoms with E-state index in [1.54, 1.807) is 12.1 Å². The minimum atomic E-state index is -0.912. The lowest BCUT2D eigenvalue weighted by Gasteiger charge is -2.30. The van der Waals surface area contributed by atoms with Gasteiger partial charge < -0.3 is 0 Å². The molecule has 0 nitrogen and oxygen atoms in total. The SMILES string of the molecule is Fc1ccc(C(CCl)(CCl)Cc2cccc(F)c2F)cc1. The van der Waals surface area contributed by atoms with Crippen LogP contribution in [-0.4, -0.2) is 11.8 Å². The summed E-state index contributed by atoms with van der Waals surface area (Å²) in [7, 11) is 0. The molecule has 0 N–H and O–H groups in total. The largest absolute Gasteiger partial charge is 0.207 e. The van der Waals surface area contributed by atoms with Gasteiger partial charge in [-0.2, -0.15) is 0 Å². The van der Waals surface area contributed by atoms with E-state index in [-0.39, 0.29) is 29.6 Å². The summed E-state index contributed by atoms with van der Waals surface area (Å²) < 4.78 is 40.2. The van der Waals surface area contributed by atoms with Gasteiger partial charge in [0.25, 0.3) is 0 Å². The van der Waals surface area contributed by atoms with Crippen LogP contribution in [0, 0.1) is 17.5 Å². The maximum atomic E-state index is 13.9. The fourth-order valence-corrected chi connectivity index (χ4v) is 3.02. The van der Waals surface area contributed by atoms with Gasteiger partial charge in [0.15, 0.2) is 11.6 Å². The van der Waals surface area contributed by atoms with Crippen molar-refractivity contribution in [3.63, 3.8) is 0 Å². The number of halogens is 5. The quantitative estimate of drug-likeness (QED) is 0.671. The lowest BCUT2D eigenvalue weighted by Crippen LogP contribution is -2.33. The number of hydrogen-bond donors (Lipinski definition) is 0. The topological polar surface area (TPSA) is 0 Å². The lowest BCUT2D eigenvalue weighted by atomic mass is 9.78. The number of benzene rings is 2. The molecule has 0 aromatic heterocycles. The summed E-state index contributed by atoms with van der Waals surface area (Å²) in [6.07, 6.45) is 0.134. The number of alkyl halides is 2. The molecule has 0 amide bonds. The molecule has 0 radical (unpaired) electrons. The molecular weight excluding hydrogens is 320 g/mol. The highest BCUT2D eigenvalue weighted by molar-refractivity contribution is 6.22. The molecule has 0 heterocycles. The van der Waals surface area contributed by atoms with Gasteiger partial charge >= 0.3 is 0 Å². The van der Waals surface area contributed by atoms with E-state index in [1.807, 2.05) is 0 Å². The zero-order valence-corrected chi connectivity index (χ0v) is 12.6. The van der Waals surface area contributed by atoms with Crippen molar-refractivity contribution in [1.82, 2.24) is 0 Å². The van der Waals surface area contributed by atoms with E-state index in [4.69, 9.17) is 23.2 Å². The van der Waals surface area contributed by atoms with Crippen molar-refractivity contribution < 1.29 is 13.2 Å². The minimum absolute atomic E-state index is 0.109. The summed E-state index contributed by atoms with van der Waals surface area (Å²) in [6.45, 7) is 0. The third kappa shape index (κ3) is 3.35. The van der Waals surface area contributed by atoms with E-state index in [2.05, 4.69) is 0 Å². The van der Waals surface area contributed by atoms with Crippen LogP contribution in [0.1, 0.15) is 11.1 Å². The van der Waals surface area contributed by atoms with Gasteiger partial charge in [0.2, 0.25) is 0 Å². The number of rotatable bonds is 5. The first-order valence-electron chi connectivity index (χ1n) is 6.33. The van der Waals surface area contributed by atoms with Crippen molar-refractivity contribution in [1.29, 1.82) is 0 Å². The Kier molecular flexibility index (Phi) is 5.17. The second kappa shape index (κ2) is 6.71. The molecule has 2 rings (SSSR count). The van der Waals surface area contributed by atoms with Gasteiger partial charge in [-0.25, -0.2) is 13.2 Å². The van der Waals surface area contributed by atoms with Crippen LogP contribution in [0.15, 0.2) is 42.5 Å².